The summed E-state index contributed by atoms with van der Waals surface area (Å²) in [6.45, 7) is 0. The maximum Gasteiger partial charge on any atom is 0.249 e. The zero-order chi connectivity index (χ0) is 21.8. The van der Waals surface area contributed by atoms with Crippen molar-refractivity contribution in [2.24, 2.45) is 5.73 Å². The number of H-pyrrole nitrogens is 1. The summed E-state index contributed by atoms with van der Waals surface area (Å²) < 4.78 is 0. The molecule has 0 fully saturated rings. The van der Waals surface area contributed by atoms with Gasteiger partial charge in [0, 0.05) is 33.9 Å². The van der Waals surface area contributed by atoms with Crippen LogP contribution in [0.3, 0.4) is 0 Å². The van der Waals surface area contributed by atoms with Gasteiger partial charge >= 0.3 is 0 Å². The number of anilines is 1. The lowest BCUT2D eigenvalue weighted by molar-refractivity contribution is -0.115. The van der Waals surface area contributed by atoms with Gasteiger partial charge in [0.25, 0.3) is 0 Å². The quantitative estimate of drug-likeness (QED) is 0.394. The molecule has 0 aliphatic rings. The van der Waals surface area contributed by atoms with Crippen molar-refractivity contribution in [2.75, 3.05) is 5.32 Å². The van der Waals surface area contributed by atoms with Crippen LogP contribution in [0.25, 0.3) is 22.7 Å². The number of hydrogen-bond donors (Lipinski definition) is 3. The Morgan fingerprint density at radius 1 is 1.10 bits per heavy atom. The predicted octanol–water partition coefficient (Wildman–Crippen LogP) is 4.42. The molecule has 0 radical (unpaired) electrons. The van der Waals surface area contributed by atoms with Gasteiger partial charge in [-0.15, -0.1) is 0 Å². The van der Waals surface area contributed by atoms with Crippen LogP contribution in [0, 0.1) is 0 Å². The van der Waals surface area contributed by atoms with E-state index in [0.717, 1.165) is 5.56 Å². The highest BCUT2D eigenvalue weighted by Crippen LogP contribution is 2.29. The van der Waals surface area contributed by atoms with E-state index >= 15 is 0 Å². The van der Waals surface area contributed by atoms with Crippen LogP contribution in [0.5, 0.6) is 0 Å². The van der Waals surface area contributed by atoms with Crippen molar-refractivity contribution < 1.29 is 9.59 Å². The van der Waals surface area contributed by atoms with E-state index in [1.807, 2.05) is 36.4 Å². The molecule has 4 N–H and O–H groups in total. The fourth-order valence-corrected chi connectivity index (χ4v) is 3.61. The molecule has 0 unspecified atom stereocenters. The van der Waals surface area contributed by atoms with Crippen LogP contribution in [0.15, 0.2) is 73.1 Å². The molecule has 2 aromatic carbocycles. The molecule has 0 atom stereocenters. The second kappa shape index (κ2) is 8.85. The number of primary amides is 1. The van der Waals surface area contributed by atoms with Gasteiger partial charge in [0.15, 0.2) is 0 Å². The normalized spacial score (nSPS) is 11.5. The molecule has 6 nitrogen and oxygen atoms in total. The van der Waals surface area contributed by atoms with Crippen LogP contribution in [0.4, 0.5) is 5.69 Å². The van der Waals surface area contributed by atoms with E-state index in [2.05, 4.69) is 15.3 Å². The summed E-state index contributed by atoms with van der Waals surface area (Å²) in [5.41, 5.74) is 9.38. The SMILES string of the molecule is NC(=O)/C(=C/c1c[nH]c2nccc(NC(=O)Cc3cccc(Cl)c3)c12)c1ccccc1. The monoisotopic (exact) mass is 430 g/mol. The van der Waals surface area contributed by atoms with Crippen molar-refractivity contribution in [3.63, 3.8) is 0 Å². The molecule has 2 aromatic heterocycles. The molecule has 0 saturated heterocycles. The van der Waals surface area contributed by atoms with Crippen LogP contribution in [-0.4, -0.2) is 21.8 Å². The van der Waals surface area contributed by atoms with Crippen molar-refractivity contribution in [3.05, 3.63) is 94.8 Å². The Kier molecular flexibility index (Phi) is 5.82. The summed E-state index contributed by atoms with van der Waals surface area (Å²) >= 11 is 6.01. The van der Waals surface area contributed by atoms with Crippen molar-refractivity contribution in [1.29, 1.82) is 0 Å². The molecule has 0 saturated carbocycles. The first-order valence-corrected chi connectivity index (χ1v) is 9.96. The van der Waals surface area contributed by atoms with Gasteiger partial charge in [0.1, 0.15) is 5.65 Å². The van der Waals surface area contributed by atoms with Crippen LogP contribution in [-0.2, 0) is 16.0 Å². The van der Waals surface area contributed by atoms with E-state index in [1.54, 1.807) is 42.7 Å². The number of rotatable bonds is 6. The number of nitrogens with one attached hydrogen (secondary N) is 2. The predicted molar refractivity (Wildman–Crippen MR) is 123 cm³/mol. The van der Waals surface area contributed by atoms with E-state index in [4.69, 9.17) is 17.3 Å². The number of aromatic nitrogens is 2. The largest absolute Gasteiger partial charge is 0.366 e. The molecule has 0 aliphatic carbocycles. The number of aromatic amines is 1. The lowest BCUT2D eigenvalue weighted by Crippen LogP contribution is -2.15. The summed E-state index contributed by atoms with van der Waals surface area (Å²) in [6.07, 6.45) is 5.21. The average molecular weight is 431 g/mol. The van der Waals surface area contributed by atoms with Crippen LogP contribution in [0.2, 0.25) is 5.02 Å². The van der Waals surface area contributed by atoms with E-state index < -0.39 is 5.91 Å². The third-order valence-corrected chi connectivity index (χ3v) is 5.02. The second-order valence-corrected chi connectivity index (χ2v) is 7.41. The van der Waals surface area contributed by atoms with Crippen molar-refractivity contribution in [3.8, 4) is 0 Å². The first-order valence-electron chi connectivity index (χ1n) is 9.58. The van der Waals surface area contributed by atoms with Gasteiger partial charge < -0.3 is 16.0 Å². The Bertz CT molecular complexity index is 1300. The Morgan fingerprint density at radius 2 is 1.90 bits per heavy atom. The molecule has 2 heterocycles. The molecule has 0 spiro atoms. The summed E-state index contributed by atoms with van der Waals surface area (Å²) in [5.74, 6) is -0.736. The third kappa shape index (κ3) is 4.65. The topological polar surface area (TPSA) is 101 Å². The standard InChI is InChI=1S/C24H19ClN4O2/c25-18-8-4-5-15(11-18)12-21(30)29-20-9-10-27-24-22(20)17(14-28-24)13-19(23(26)31)16-6-2-1-3-7-16/h1-11,13-14H,12H2,(H2,26,31)(H2,27,28,29,30)/b19-13+. The smallest absolute Gasteiger partial charge is 0.249 e. The summed E-state index contributed by atoms with van der Waals surface area (Å²) in [6, 6.07) is 18.1. The average Bonchev–Trinajstić information content (AvgIpc) is 3.16. The fourth-order valence-electron chi connectivity index (χ4n) is 3.40. The van der Waals surface area contributed by atoms with Gasteiger partial charge in [-0.3, -0.25) is 9.59 Å². The third-order valence-electron chi connectivity index (χ3n) is 4.78. The Balaban J connectivity index is 1.69. The lowest BCUT2D eigenvalue weighted by atomic mass is 10.0. The Morgan fingerprint density at radius 3 is 2.65 bits per heavy atom. The first-order chi connectivity index (χ1) is 15.0. The lowest BCUT2D eigenvalue weighted by Gasteiger charge is -2.08. The molecule has 7 heteroatoms. The summed E-state index contributed by atoms with van der Waals surface area (Å²) in [7, 11) is 0. The number of amides is 2. The molecule has 4 aromatic rings. The summed E-state index contributed by atoms with van der Waals surface area (Å²) in [5, 5.41) is 4.20. The second-order valence-electron chi connectivity index (χ2n) is 6.97. The van der Waals surface area contributed by atoms with Gasteiger partial charge in [-0.05, 0) is 35.4 Å². The highest BCUT2D eigenvalue weighted by molar-refractivity contribution is 6.30. The zero-order valence-electron chi connectivity index (χ0n) is 16.4. The maximum absolute atomic E-state index is 12.6. The Hall–Kier alpha value is -3.90. The van der Waals surface area contributed by atoms with Crippen molar-refractivity contribution in [2.45, 2.75) is 6.42 Å². The van der Waals surface area contributed by atoms with Gasteiger partial charge in [0.05, 0.1) is 12.1 Å². The molecule has 0 aliphatic heterocycles. The van der Waals surface area contributed by atoms with Gasteiger partial charge in [-0.1, -0.05) is 54.1 Å². The minimum Gasteiger partial charge on any atom is -0.366 e. The van der Waals surface area contributed by atoms with Crippen molar-refractivity contribution >= 4 is 51.8 Å². The van der Waals surface area contributed by atoms with E-state index in [-0.39, 0.29) is 12.3 Å². The van der Waals surface area contributed by atoms with Gasteiger partial charge in [-0.25, -0.2) is 4.98 Å². The molecule has 4 rings (SSSR count). The van der Waals surface area contributed by atoms with Gasteiger partial charge in [-0.2, -0.15) is 0 Å². The maximum atomic E-state index is 12.6. The number of halogens is 1. The number of benzene rings is 2. The number of nitrogens with two attached hydrogens (primary N) is 1. The highest BCUT2D eigenvalue weighted by atomic mass is 35.5. The number of nitrogens with zero attached hydrogens (tertiary/aromatic N) is 1. The van der Waals surface area contributed by atoms with Crippen LogP contribution < -0.4 is 11.1 Å². The molecule has 2 amide bonds. The van der Waals surface area contributed by atoms with E-state index in [9.17, 15) is 9.59 Å². The highest BCUT2D eigenvalue weighted by Gasteiger charge is 2.14. The molecule has 0 bridgehead atoms. The molecule has 154 valence electrons. The van der Waals surface area contributed by atoms with E-state index in [0.29, 0.717) is 38.4 Å². The Labute approximate surface area is 183 Å². The minimum absolute atomic E-state index is 0.177. The number of fused-ring (bicyclic) bond motifs is 1. The molecular weight excluding hydrogens is 412 g/mol. The van der Waals surface area contributed by atoms with Gasteiger partial charge in [0.2, 0.25) is 11.8 Å². The van der Waals surface area contributed by atoms with Crippen LogP contribution in [0.1, 0.15) is 16.7 Å². The summed E-state index contributed by atoms with van der Waals surface area (Å²) in [4.78, 5) is 32.1. The number of hydrogen-bond acceptors (Lipinski definition) is 3. The first kappa shape index (κ1) is 20.4. The fraction of sp³-hybridized carbons (Fsp3) is 0.0417. The number of carbonyl (C=O) groups is 2. The zero-order valence-corrected chi connectivity index (χ0v) is 17.2. The minimum atomic E-state index is -0.545. The molecular formula is C24H19ClN4O2. The van der Waals surface area contributed by atoms with Crippen LogP contribution >= 0.6 is 11.6 Å². The van der Waals surface area contributed by atoms with Crippen molar-refractivity contribution in [1.82, 2.24) is 9.97 Å². The number of pyridine rings is 1. The van der Waals surface area contributed by atoms with E-state index in [1.165, 1.54) is 0 Å². The molecule has 31 heavy (non-hydrogen) atoms. The number of carbonyl (C=O) groups excluding carboxylic acids is 2.